The maximum absolute atomic E-state index is 12.2. The number of furan rings is 1. The van der Waals surface area contributed by atoms with Crippen molar-refractivity contribution in [2.75, 3.05) is 0 Å². The van der Waals surface area contributed by atoms with E-state index in [2.05, 4.69) is 4.72 Å². The number of hydrogen-bond donors (Lipinski definition) is 1. The zero-order chi connectivity index (χ0) is 14.6. The van der Waals surface area contributed by atoms with Crippen molar-refractivity contribution in [1.29, 1.82) is 0 Å². The molecular formula is C14H15NO4S. The zero-order valence-corrected chi connectivity index (χ0v) is 11.8. The lowest BCUT2D eigenvalue weighted by atomic mass is 10.1. The number of benzene rings is 1. The third-order valence-corrected chi connectivity index (χ3v) is 4.23. The Morgan fingerprint density at radius 3 is 2.45 bits per heavy atom. The molecule has 1 N–H and O–H groups in total. The van der Waals surface area contributed by atoms with E-state index in [1.165, 1.54) is 12.1 Å². The minimum Gasteiger partial charge on any atom is -0.440 e. The largest absolute Gasteiger partial charge is 0.440 e. The summed E-state index contributed by atoms with van der Waals surface area (Å²) in [6.07, 6.45) is 1.07. The second-order valence-corrected chi connectivity index (χ2v) is 5.91. The van der Waals surface area contributed by atoms with Gasteiger partial charge in [0.05, 0.1) is 0 Å². The highest BCUT2D eigenvalue weighted by Gasteiger charge is 2.23. The van der Waals surface area contributed by atoms with Crippen LogP contribution >= 0.6 is 0 Å². The minimum atomic E-state index is -3.78. The fourth-order valence-corrected chi connectivity index (χ4v) is 3.11. The summed E-state index contributed by atoms with van der Waals surface area (Å²) in [5, 5.41) is -0.256. The van der Waals surface area contributed by atoms with Crippen LogP contribution in [-0.2, 0) is 10.0 Å². The highest BCUT2D eigenvalue weighted by Crippen LogP contribution is 2.20. The first kappa shape index (κ1) is 14.5. The molecule has 0 aliphatic rings. The van der Waals surface area contributed by atoms with Crippen LogP contribution in [0, 0.1) is 0 Å². The second-order valence-electron chi connectivity index (χ2n) is 4.27. The van der Waals surface area contributed by atoms with E-state index in [-0.39, 0.29) is 16.9 Å². The lowest BCUT2D eigenvalue weighted by Gasteiger charge is -2.16. The van der Waals surface area contributed by atoms with Crippen LogP contribution in [0.4, 0.5) is 0 Å². The van der Waals surface area contributed by atoms with E-state index in [1.807, 2.05) is 37.3 Å². The summed E-state index contributed by atoms with van der Waals surface area (Å²) in [4.78, 5) is 10.5. The Kier molecular flexibility index (Phi) is 4.36. The Balaban J connectivity index is 2.24. The molecule has 0 amide bonds. The Morgan fingerprint density at radius 2 is 1.90 bits per heavy atom. The Hall–Kier alpha value is -1.92. The van der Waals surface area contributed by atoms with Crippen LogP contribution in [0.3, 0.4) is 0 Å². The molecule has 20 heavy (non-hydrogen) atoms. The lowest BCUT2D eigenvalue weighted by molar-refractivity contribution is 0.109. The molecule has 2 rings (SSSR count). The number of sulfonamides is 1. The molecule has 0 saturated carbocycles. The van der Waals surface area contributed by atoms with Gasteiger partial charge in [0.15, 0.2) is 12.0 Å². The normalized spacial score (nSPS) is 13.1. The molecule has 0 spiro atoms. The number of nitrogens with one attached hydrogen (secondary N) is 1. The minimum absolute atomic E-state index is 0.0156. The average molecular weight is 293 g/mol. The Morgan fingerprint density at radius 1 is 1.20 bits per heavy atom. The Labute approximate surface area is 117 Å². The second kappa shape index (κ2) is 6.02. The molecule has 2 aromatic rings. The first-order chi connectivity index (χ1) is 9.56. The number of hydrogen-bond acceptors (Lipinski definition) is 4. The van der Waals surface area contributed by atoms with Crippen LogP contribution in [0.15, 0.2) is 52.0 Å². The molecular weight excluding hydrogens is 278 g/mol. The summed E-state index contributed by atoms with van der Waals surface area (Å²) >= 11 is 0. The molecule has 0 aliphatic carbocycles. The Bertz CT molecular complexity index is 676. The van der Waals surface area contributed by atoms with Gasteiger partial charge in [0, 0.05) is 6.04 Å². The maximum Gasteiger partial charge on any atom is 0.274 e. The van der Waals surface area contributed by atoms with Crippen LogP contribution < -0.4 is 4.72 Å². The fraction of sp³-hybridized carbons (Fsp3) is 0.214. The first-order valence-corrected chi connectivity index (χ1v) is 7.67. The zero-order valence-electron chi connectivity index (χ0n) is 10.9. The summed E-state index contributed by atoms with van der Waals surface area (Å²) in [6.45, 7) is 1.89. The van der Waals surface area contributed by atoms with Gasteiger partial charge in [-0.1, -0.05) is 37.3 Å². The topological polar surface area (TPSA) is 76.4 Å². The van der Waals surface area contributed by atoms with Crippen molar-refractivity contribution in [3.8, 4) is 0 Å². The van der Waals surface area contributed by atoms with Crippen molar-refractivity contribution >= 4 is 16.3 Å². The van der Waals surface area contributed by atoms with Gasteiger partial charge in [0.25, 0.3) is 10.0 Å². The van der Waals surface area contributed by atoms with Crippen molar-refractivity contribution < 1.29 is 17.6 Å². The molecule has 5 nitrogen and oxygen atoms in total. The van der Waals surface area contributed by atoms with Crippen LogP contribution in [0.5, 0.6) is 0 Å². The van der Waals surface area contributed by atoms with Crippen LogP contribution in [0.2, 0.25) is 0 Å². The summed E-state index contributed by atoms with van der Waals surface area (Å²) in [7, 11) is -3.78. The van der Waals surface area contributed by atoms with Crippen LogP contribution in [0.25, 0.3) is 0 Å². The molecule has 0 radical (unpaired) electrons. The third-order valence-electron chi connectivity index (χ3n) is 2.89. The lowest BCUT2D eigenvalue weighted by Crippen LogP contribution is -2.28. The van der Waals surface area contributed by atoms with E-state index in [1.54, 1.807) is 0 Å². The van der Waals surface area contributed by atoms with E-state index in [9.17, 15) is 13.2 Å². The molecule has 6 heteroatoms. The van der Waals surface area contributed by atoms with Crippen molar-refractivity contribution in [2.24, 2.45) is 0 Å². The highest BCUT2D eigenvalue weighted by atomic mass is 32.2. The van der Waals surface area contributed by atoms with E-state index in [0.29, 0.717) is 12.7 Å². The van der Waals surface area contributed by atoms with Gasteiger partial charge in [-0.15, -0.1) is 0 Å². The van der Waals surface area contributed by atoms with Crippen LogP contribution in [0.1, 0.15) is 35.5 Å². The predicted octanol–water partition coefficient (Wildman–Crippen LogP) is 2.52. The monoisotopic (exact) mass is 293 g/mol. The van der Waals surface area contributed by atoms with E-state index in [0.717, 1.165) is 5.56 Å². The van der Waals surface area contributed by atoms with Gasteiger partial charge >= 0.3 is 0 Å². The SMILES string of the molecule is CCC(NS(=O)(=O)c1ccc(C=O)o1)c1ccccc1. The van der Waals surface area contributed by atoms with Crippen LogP contribution in [-0.4, -0.2) is 14.7 Å². The summed E-state index contributed by atoms with van der Waals surface area (Å²) < 4.78 is 31.9. The number of rotatable bonds is 6. The molecule has 1 aromatic heterocycles. The standard InChI is InChI=1S/C14H15NO4S/c1-2-13(11-6-4-3-5-7-11)15-20(17,18)14-9-8-12(10-16)19-14/h3-10,13,15H,2H2,1H3. The van der Waals surface area contributed by atoms with Gasteiger partial charge in [0.1, 0.15) is 0 Å². The third kappa shape index (κ3) is 3.15. The number of carbonyl (C=O) groups is 1. The summed E-state index contributed by atoms with van der Waals surface area (Å²) in [5.41, 5.74) is 0.876. The van der Waals surface area contributed by atoms with Crippen molar-refractivity contribution in [2.45, 2.75) is 24.5 Å². The van der Waals surface area contributed by atoms with Gasteiger partial charge in [-0.25, -0.2) is 13.1 Å². The molecule has 106 valence electrons. The smallest absolute Gasteiger partial charge is 0.274 e. The molecule has 1 atom stereocenters. The van der Waals surface area contributed by atoms with Gasteiger partial charge in [-0.3, -0.25) is 4.79 Å². The molecule has 1 aromatic carbocycles. The molecule has 0 saturated heterocycles. The quantitative estimate of drug-likeness (QED) is 0.830. The first-order valence-electron chi connectivity index (χ1n) is 6.19. The molecule has 1 unspecified atom stereocenters. The summed E-state index contributed by atoms with van der Waals surface area (Å²) in [5.74, 6) is -0.0156. The van der Waals surface area contributed by atoms with E-state index in [4.69, 9.17) is 4.42 Å². The summed E-state index contributed by atoms with van der Waals surface area (Å²) in [6, 6.07) is 11.5. The predicted molar refractivity (Wildman–Crippen MR) is 73.9 cm³/mol. The molecule has 1 heterocycles. The van der Waals surface area contributed by atoms with Gasteiger partial charge in [0.2, 0.25) is 5.09 Å². The maximum atomic E-state index is 12.2. The van der Waals surface area contributed by atoms with Gasteiger partial charge in [-0.2, -0.15) is 0 Å². The van der Waals surface area contributed by atoms with Crippen molar-refractivity contribution in [3.05, 3.63) is 53.8 Å². The van der Waals surface area contributed by atoms with E-state index < -0.39 is 10.0 Å². The molecule has 0 bridgehead atoms. The number of aldehydes is 1. The fourth-order valence-electron chi connectivity index (χ4n) is 1.86. The highest BCUT2D eigenvalue weighted by molar-refractivity contribution is 7.89. The van der Waals surface area contributed by atoms with Crippen molar-refractivity contribution in [1.82, 2.24) is 4.72 Å². The van der Waals surface area contributed by atoms with Gasteiger partial charge < -0.3 is 4.42 Å². The molecule has 0 fully saturated rings. The van der Waals surface area contributed by atoms with Gasteiger partial charge in [-0.05, 0) is 24.1 Å². The van der Waals surface area contributed by atoms with E-state index >= 15 is 0 Å². The average Bonchev–Trinajstić information content (AvgIpc) is 2.95. The molecule has 0 aliphatic heterocycles. The number of carbonyl (C=O) groups excluding carboxylic acids is 1. The van der Waals surface area contributed by atoms with Crippen molar-refractivity contribution in [3.63, 3.8) is 0 Å².